The zero-order chi connectivity index (χ0) is 22.0. The molecule has 0 bridgehead atoms. The number of carbonyl (C=O) groups excluding carboxylic acids is 2. The van der Waals surface area contributed by atoms with E-state index in [1.807, 2.05) is 0 Å². The fourth-order valence-corrected chi connectivity index (χ4v) is 4.05. The maximum absolute atomic E-state index is 14.6. The van der Waals surface area contributed by atoms with Crippen molar-refractivity contribution in [2.24, 2.45) is 0 Å². The molecule has 0 aromatic heterocycles. The number of hydrazine groups is 1. The average Bonchev–Trinajstić information content (AvgIpc) is 3.40. The van der Waals surface area contributed by atoms with E-state index < -0.39 is 29.7 Å². The third-order valence-corrected chi connectivity index (χ3v) is 5.68. The van der Waals surface area contributed by atoms with Crippen molar-refractivity contribution in [1.29, 1.82) is 0 Å². The van der Waals surface area contributed by atoms with E-state index in [4.69, 9.17) is 16.3 Å². The van der Waals surface area contributed by atoms with Crippen LogP contribution in [0, 0.1) is 11.6 Å². The Labute approximate surface area is 182 Å². The lowest BCUT2D eigenvalue weighted by atomic mass is 10.0. The van der Waals surface area contributed by atoms with Gasteiger partial charge < -0.3 is 15.4 Å². The number of nitrogens with one attached hydrogen (secondary N) is 4. The molecule has 31 heavy (non-hydrogen) atoms. The first-order valence-electron chi connectivity index (χ1n) is 9.91. The van der Waals surface area contributed by atoms with Crippen LogP contribution in [0.3, 0.4) is 0 Å². The number of fused-ring (bicyclic) bond motifs is 1. The van der Waals surface area contributed by atoms with Gasteiger partial charge in [0, 0.05) is 23.4 Å². The molecule has 1 aliphatic heterocycles. The Kier molecular flexibility index (Phi) is 6.35. The second-order valence-electron chi connectivity index (χ2n) is 7.46. The van der Waals surface area contributed by atoms with Gasteiger partial charge in [-0.05, 0) is 55.2 Å². The zero-order valence-corrected chi connectivity index (χ0v) is 17.2. The quantitative estimate of drug-likeness (QED) is 0.560. The SMILES string of the molecule is O=C(N[C@H]1CCc2c(C(=O)Nc3ccc(F)c(Cl)c3)ccc(F)c21)OCC1CCNN1. The summed E-state index contributed by atoms with van der Waals surface area (Å²) in [4.78, 5) is 24.9. The number of anilines is 1. The Morgan fingerprint density at radius 2 is 1.97 bits per heavy atom. The monoisotopic (exact) mass is 450 g/mol. The first-order valence-corrected chi connectivity index (χ1v) is 10.3. The van der Waals surface area contributed by atoms with Gasteiger partial charge in [-0.3, -0.25) is 15.6 Å². The van der Waals surface area contributed by atoms with Gasteiger partial charge in [0.15, 0.2) is 0 Å². The van der Waals surface area contributed by atoms with Crippen molar-refractivity contribution < 1.29 is 23.1 Å². The zero-order valence-electron chi connectivity index (χ0n) is 16.4. The van der Waals surface area contributed by atoms with Crippen LogP contribution in [0.1, 0.15) is 40.4 Å². The highest BCUT2D eigenvalue weighted by Crippen LogP contribution is 2.36. The van der Waals surface area contributed by atoms with E-state index in [2.05, 4.69) is 21.5 Å². The van der Waals surface area contributed by atoms with Crippen molar-refractivity contribution in [2.45, 2.75) is 31.3 Å². The fraction of sp³-hybridized carbons (Fsp3) is 0.333. The predicted octanol–water partition coefficient (Wildman–Crippen LogP) is 3.45. The Hall–Kier alpha value is -2.75. The Morgan fingerprint density at radius 3 is 2.71 bits per heavy atom. The minimum Gasteiger partial charge on any atom is -0.448 e. The molecule has 2 aromatic rings. The summed E-state index contributed by atoms with van der Waals surface area (Å²) in [5, 5.41) is 5.22. The molecule has 1 heterocycles. The molecule has 2 atom stereocenters. The first kappa shape index (κ1) is 21.5. The number of carbonyl (C=O) groups is 2. The summed E-state index contributed by atoms with van der Waals surface area (Å²) >= 11 is 5.76. The fourth-order valence-electron chi connectivity index (χ4n) is 3.86. The molecule has 164 valence electrons. The molecule has 10 heteroatoms. The molecule has 1 unspecified atom stereocenters. The molecule has 0 saturated carbocycles. The number of benzene rings is 2. The second kappa shape index (κ2) is 9.17. The topological polar surface area (TPSA) is 91.5 Å². The van der Waals surface area contributed by atoms with Crippen molar-refractivity contribution in [3.63, 3.8) is 0 Å². The van der Waals surface area contributed by atoms with Gasteiger partial charge in [-0.1, -0.05) is 11.6 Å². The van der Waals surface area contributed by atoms with Crippen molar-refractivity contribution in [2.75, 3.05) is 18.5 Å². The largest absolute Gasteiger partial charge is 0.448 e. The molecule has 7 nitrogen and oxygen atoms in total. The number of ether oxygens (including phenoxy) is 1. The highest BCUT2D eigenvalue weighted by molar-refractivity contribution is 6.31. The summed E-state index contributed by atoms with van der Waals surface area (Å²) in [5.41, 5.74) is 7.36. The summed E-state index contributed by atoms with van der Waals surface area (Å²) in [5.74, 6) is -1.56. The molecule has 2 aromatic carbocycles. The van der Waals surface area contributed by atoms with Crippen LogP contribution in [0.5, 0.6) is 0 Å². The smallest absolute Gasteiger partial charge is 0.407 e. The standard InChI is InChI=1S/C21H21ClF2N4O3/c22-15-9-11(1-4-16(15)23)26-20(29)14-2-5-17(24)19-13(14)3-6-18(19)27-21(30)31-10-12-7-8-25-28-12/h1-2,4-5,9,12,18,25,28H,3,6-8,10H2,(H,26,29)(H,27,30)/t12?,18-/m0/s1. The number of hydrogen-bond acceptors (Lipinski definition) is 5. The summed E-state index contributed by atoms with van der Waals surface area (Å²) in [7, 11) is 0. The molecule has 0 radical (unpaired) electrons. The van der Waals surface area contributed by atoms with Gasteiger partial charge in [0.05, 0.1) is 17.1 Å². The number of amides is 2. The van der Waals surface area contributed by atoms with E-state index in [1.54, 1.807) is 0 Å². The Morgan fingerprint density at radius 1 is 1.16 bits per heavy atom. The summed E-state index contributed by atoms with van der Waals surface area (Å²) in [6, 6.07) is 5.87. The highest BCUT2D eigenvalue weighted by Gasteiger charge is 2.31. The second-order valence-corrected chi connectivity index (χ2v) is 7.87. The van der Waals surface area contributed by atoms with Gasteiger partial charge in [0.2, 0.25) is 0 Å². The number of halogens is 3. The summed E-state index contributed by atoms with van der Waals surface area (Å²) in [6.07, 6.45) is 1.06. The molecule has 4 N–H and O–H groups in total. The molecule has 1 fully saturated rings. The molecule has 4 rings (SSSR count). The lowest BCUT2D eigenvalue weighted by molar-refractivity contribution is 0.102. The number of hydrogen-bond donors (Lipinski definition) is 4. The molecule has 2 amide bonds. The van der Waals surface area contributed by atoms with Crippen LogP contribution in [0.4, 0.5) is 19.3 Å². The highest BCUT2D eigenvalue weighted by atomic mass is 35.5. The van der Waals surface area contributed by atoms with Gasteiger partial charge in [-0.25, -0.2) is 13.6 Å². The Balaban J connectivity index is 1.46. The van der Waals surface area contributed by atoms with E-state index in [-0.39, 0.29) is 28.8 Å². The van der Waals surface area contributed by atoms with E-state index in [9.17, 15) is 18.4 Å². The molecular weight excluding hydrogens is 430 g/mol. The van der Waals surface area contributed by atoms with Gasteiger partial charge in [0.25, 0.3) is 5.91 Å². The van der Waals surface area contributed by atoms with Gasteiger partial charge in [-0.2, -0.15) is 0 Å². The summed E-state index contributed by atoms with van der Waals surface area (Å²) in [6.45, 7) is 0.995. The van der Waals surface area contributed by atoms with Crippen LogP contribution < -0.4 is 21.5 Å². The first-order chi connectivity index (χ1) is 14.9. The normalized spacial score (nSPS) is 19.7. The van der Waals surface area contributed by atoms with Crippen LogP contribution in [0.15, 0.2) is 30.3 Å². The van der Waals surface area contributed by atoms with Gasteiger partial charge in [0.1, 0.15) is 18.2 Å². The van der Waals surface area contributed by atoms with Crippen LogP contribution in [0.25, 0.3) is 0 Å². The Bertz CT molecular complexity index is 1010. The van der Waals surface area contributed by atoms with Crippen LogP contribution >= 0.6 is 11.6 Å². The minimum absolute atomic E-state index is 0.0358. The average molecular weight is 451 g/mol. The molecular formula is C21H21ClF2N4O3. The van der Waals surface area contributed by atoms with E-state index in [0.29, 0.717) is 24.1 Å². The maximum atomic E-state index is 14.6. The number of alkyl carbamates (subject to hydrolysis) is 1. The minimum atomic E-state index is -0.637. The molecule has 1 saturated heterocycles. The van der Waals surface area contributed by atoms with E-state index >= 15 is 0 Å². The van der Waals surface area contributed by atoms with Crippen LogP contribution in [0.2, 0.25) is 5.02 Å². The summed E-state index contributed by atoms with van der Waals surface area (Å²) < 4.78 is 33.1. The van der Waals surface area contributed by atoms with Crippen LogP contribution in [-0.4, -0.2) is 31.2 Å². The van der Waals surface area contributed by atoms with E-state index in [0.717, 1.165) is 19.0 Å². The van der Waals surface area contributed by atoms with E-state index in [1.165, 1.54) is 24.3 Å². The molecule has 2 aliphatic rings. The van der Waals surface area contributed by atoms with Crippen molar-refractivity contribution in [1.82, 2.24) is 16.2 Å². The van der Waals surface area contributed by atoms with Gasteiger partial charge in [-0.15, -0.1) is 0 Å². The third kappa shape index (κ3) is 4.79. The lowest BCUT2D eigenvalue weighted by Crippen LogP contribution is -2.36. The predicted molar refractivity (Wildman–Crippen MR) is 111 cm³/mol. The maximum Gasteiger partial charge on any atom is 0.407 e. The lowest BCUT2D eigenvalue weighted by Gasteiger charge is -2.17. The van der Waals surface area contributed by atoms with Gasteiger partial charge >= 0.3 is 6.09 Å². The van der Waals surface area contributed by atoms with Crippen LogP contribution in [-0.2, 0) is 11.2 Å². The van der Waals surface area contributed by atoms with Crippen molar-refractivity contribution in [3.05, 3.63) is 63.7 Å². The third-order valence-electron chi connectivity index (χ3n) is 5.39. The number of rotatable bonds is 5. The van der Waals surface area contributed by atoms with Crippen molar-refractivity contribution >= 4 is 29.3 Å². The van der Waals surface area contributed by atoms with Crippen molar-refractivity contribution in [3.8, 4) is 0 Å². The molecule has 0 spiro atoms. The molecule has 1 aliphatic carbocycles.